The average Bonchev–Trinajstić information content (AvgIpc) is 2.98. The lowest BCUT2D eigenvalue weighted by atomic mass is 10.1. The molecule has 1 N–H and O–H groups in total. The minimum atomic E-state index is -0.650. The fourth-order valence-corrected chi connectivity index (χ4v) is 4.33. The number of Topliss-reactive ketones (excluding diaryl/α,β-unsaturated/α-hetero) is 1. The van der Waals surface area contributed by atoms with Gasteiger partial charge < -0.3 is 14.8 Å². The summed E-state index contributed by atoms with van der Waals surface area (Å²) in [4.78, 5) is 40.6. The maximum absolute atomic E-state index is 13.1. The number of carbonyl (C=O) groups excluding carboxylic acids is 3. The van der Waals surface area contributed by atoms with Crippen LogP contribution < -0.4 is 5.32 Å². The highest BCUT2D eigenvalue weighted by molar-refractivity contribution is 6.45. The number of para-hydroxylation sites is 1. The van der Waals surface area contributed by atoms with Gasteiger partial charge in [0.15, 0.2) is 0 Å². The Labute approximate surface area is 188 Å². The van der Waals surface area contributed by atoms with E-state index in [1.807, 2.05) is 66.4 Å². The molecule has 1 fully saturated rings. The van der Waals surface area contributed by atoms with E-state index in [2.05, 4.69) is 5.32 Å². The molecule has 3 aromatic rings. The first-order chi connectivity index (χ1) is 15.5. The number of fused-ring (bicyclic) bond motifs is 1. The molecular weight excluding hydrogens is 402 g/mol. The summed E-state index contributed by atoms with van der Waals surface area (Å²) in [6.45, 7) is 3.58. The molecule has 1 aromatic heterocycles. The Bertz CT molecular complexity index is 1110. The number of carbonyl (C=O) groups is 3. The summed E-state index contributed by atoms with van der Waals surface area (Å²) in [5, 5.41) is 3.48. The molecule has 1 atom stereocenters. The molecule has 0 spiro atoms. The summed E-state index contributed by atoms with van der Waals surface area (Å²) in [6.07, 6.45) is 6.02. The summed E-state index contributed by atoms with van der Waals surface area (Å²) in [7, 11) is 0. The molecule has 0 aliphatic carbocycles. The predicted molar refractivity (Wildman–Crippen MR) is 124 cm³/mol. The number of benzene rings is 2. The SMILES string of the molecule is C[C@H](NC(=O)C(=O)c1cn(CC(=O)N2CCCCCC2)c2ccccc12)c1ccccc1. The van der Waals surface area contributed by atoms with Crippen LogP contribution in [-0.2, 0) is 16.1 Å². The van der Waals surface area contributed by atoms with E-state index < -0.39 is 11.7 Å². The largest absolute Gasteiger partial charge is 0.343 e. The molecule has 166 valence electrons. The molecule has 1 aliphatic heterocycles. The van der Waals surface area contributed by atoms with E-state index in [9.17, 15) is 14.4 Å². The molecule has 1 saturated heterocycles. The number of amides is 2. The highest BCUT2D eigenvalue weighted by atomic mass is 16.2. The van der Waals surface area contributed by atoms with Crippen molar-refractivity contribution < 1.29 is 14.4 Å². The molecule has 0 bridgehead atoms. The molecule has 6 heteroatoms. The Kier molecular flexibility index (Phi) is 6.69. The van der Waals surface area contributed by atoms with E-state index in [0.29, 0.717) is 10.9 Å². The fourth-order valence-electron chi connectivity index (χ4n) is 4.33. The van der Waals surface area contributed by atoms with Crippen LogP contribution in [-0.4, -0.2) is 40.2 Å². The number of likely N-dealkylation sites (tertiary alicyclic amines) is 1. The molecule has 2 heterocycles. The van der Waals surface area contributed by atoms with Gasteiger partial charge >= 0.3 is 0 Å². The Morgan fingerprint density at radius 2 is 1.56 bits per heavy atom. The maximum atomic E-state index is 13.1. The van der Waals surface area contributed by atoms with Gasteiger partial charge in [0.2, 0.25) is 5.91 Å². The van der Waals surface area contributed by atoms with Crippen molar-refractivity contribution in [2.24, 2.45) is 0 Å². The van der Waals surface area contributed by atoms with Crippen LogP contribution in [0.4, 0.5) is 0 Å². The second kappa shape index (κ2) is 9.81. The second-order valence-corrected chi connectivity index (χ2v) is 8.42. The summed E-state index contributed by atoms with van der Waals surface area (Å²) in [6, 6.07) is 16.7. The third-order valence-corrected chi connectivity index (χ3v) is 6.15. The molecule has 0 saturated carbocycles. The Morgan fingerprint density at radius 1 is 0.906 bits per heavy atom. The Balaban J connectivity index is 1.54. The van der Waals surface area contributed by atoms with Crippen molar-refractivity contribution >= 4 is 28.5 Å². The first-order valence-electron chi connectivity index (χ1n) is 11.3. The van der Waals surface area contributed by atoms with Crippen molar-refractivity contribution in [3.8, 4) is 0 Å². The molecular formula is C26H29N3O3. The fraction of sp³-hybridized carbons (Fsp3) is 0.346. The molecule has 4 rings (SSSR count). The first-order valence-corrected chi connectivity index (χ1v) is 11.3. The van der Waals surface area contributed by atoms with Crippen LogP contribution >= 0.6 is 0 Å². The van der Waals surface area contributed by atoms with Gasteiger partial charge in [-0.25, -0.2) is 0 Å². The van der Waals surface area contributed by atoms with Gasteiger partial charge in [-0.3, -0.25) is 14.4 Å². The number of nitrogens with zero attached hydrogens (tertiary/aromatic N) is 2. The number of aromatic nitrogens is 1. The van der Waals surface area contributed by atoms with Gasteiger partial charge in [0, 0.05) is 30.2 Å². The predicted octanol–water partition coefficient (Wildman–Crippen LogP) is 4.10. The average molecular weight is 432 g/mol. The Hall–Kier alpha value is -3.41. The third kappa shape index (κ3) is 4.74. The minimum absolute atomic E-state index is 0.0498. The summed E-state index contributed by atoms with van der Waals surface area (Å²) in [5.74, 6) is -1.19. The highest BCUT2D eigenvalue weighted by Gasteiger charge is 2.24. The van der Waals surface area contributed by atoms with Gasteiger partial charge in [-0.15, -0.1) is 0 Å². The first kappa shape index (κ1) is 21.8. The van der Waals surface area contributed by atoms with Crippen LogP contribution in [0.2, 0.25) is 0 Å². The van der Waals surface area contributed by atoms with E-state index in [1.54, 1.807) is 10.8 Å². The lowest BCUT2D eigenvalue weighted by molar-refractivity contribution is -0.131. The smallest absolute Gasteiger partial charge is 0.292 e. The van der Waals surface area contributed by atoms with Gasteiger partial charge in [0.1, 0.15) is 6.54 Å². The number of nitrogens with one attached hydrogen (secondary N) is 1. The molecule has 0 unspecified atom stereocenters. The summed E-state index contributed by atoms with van der Waals surface area (Å²) < 4.78 is 1.80. The monoisotopic (exact) mass is 431 g/mol. The molecule has 1 aliphatic rings. The van der Waals surface area contributed by atoms with E-state index in [1.165, 1.54) is 0 Å². The number of hydrogen-bond acceptors (Lipinski definition) is 3. The second-order valence-electron chi connectivity index (χ2n) is 8.42. The van der Waals surface area contributed by atoms with Crippen LogP contribution in [0.3, 0.4) is 0 Å². The molecule has 6 nitrogen and oxygen atoms in total. The van der Waals surface area contributed by atoms with E-state index in [0.717, 1.165) is 49.9 Å². The van der Waals surface area contributed by atoms with Gasteiger partial charge in [0.25, 0.3) is 11.7 Å². The molecule has 32 heavy (non-hydrogen) atoms. The molecule has 0 radical (unpaired) electrons. The summed E-state index contributed by atoms with van der Waals surface area (Å²) >= 11 is 0. The third-order valence-electron chi connectivity index (χ3n) is 6.15. The van der Waals surface area contributed by atoms with Gasteiger partial charge in [-0.05, 0) is 31.4 Å². The number of rotatable bonds is 6. The minimum Gasteiger partial charge on any atom is -0.343 e. The van der Waals surface area contributed by atoms with Crippen LogP contribution in [0.1, 0.15) is 54.6 Å². The van der Waals surface area contributed by atoms with E-state index in [-0.39, 0.29) is 18.5 Å². The van der Waals surface area contributed by atoms with E-state index >= 15 is 0 Å². The number of ketones is 1. The molecule has 2 amide bonds. The van der Waals surface area contributed by atoms with Gasteiger partial charge in [-0.1, -0.05) is 61.4 Å². The zero-order valence-electron chi connectivity index (χ0n) is 18.4. The Morgan fingerprint density at radius 3 is 2.28 bits per heavy atom. The van der Waals surface area contributed by atoms with Crippen LogP contribution in [0.15, 0.2) is 60.8 Å². The van der Waals surface area contributed by atoms with Crippen molar-refractivity contribution in [2.75, 3.05) is 13.1 Å². The van der Waals surface area contributed by atoms with Crippen molar-refractivity contribution in [1.82, 2.24) is 14.8 Å². The highest BCUT2D eigenvalue weighted by Crippen LogP contribution is 2.23. The zero-order valence-corrected chi connectivity index (χ0v) is 18.4. The van der Waals surface area contributed by atoms with Crippen molar-refractivity contribution in [3.05, 3.63) is 71.9 Å². The lowest BCUT2D eigenvalue weighted by Gasteiger charge is -2.20. The number of hydrogen-bond donors (Lipinski definition) is 1. The van der Waals surface area contributed by atoms with Gasteiger partial charge in [0.05, 0.1) is 11.6 Å². The summed E-state index contributed by atoms with van der Waals surface area (Å²) in [5.41, 5.74) is 2.03. The molecule has 2 aromatic carbocycles. The van der Waals surface area contributed by atoms with Crippen LogP contribution in [0.25, 0.3) is 10.9 Å². The van der Waals surface area contributed by atoms with Crippen LogP contribution in [0, 0.1) is 0 Å². The van der Waals surface area contributed by atoms with Crippen molar-refractivity contribution in [3.63, 3.8) is 0 Å². The standard InChI is InChI=1S/C26H29N3O3/c1-19(20-11-5-4-6-12-20)27-26(32)25(31)22-17-29(23-14-8-7-13-21(22)23)18-24(30)28-15-9-2-3-10-16-28/h4-8,11-14,17,19H,2-3,9-10,15-16,18H2,1H3,(H,27,32)/t19-/m0/s1. The lowest BCUT2D eigenvalue weighted by Crippen LogP contribution is -2.34. The quantitative estimate of drug-likeness (QED) is 0.472. The van der Waals surface area contributed by atoms with Crippen molar-refractivity contribution in [1.29, 1.82) is 0 Å². The zero-order chi connectivity index (χ0) is 22.5. The topological polar surface area (TPSA) is 71.4 Å². The van der Waals surface area contributed by atoms with E-state index in [4.69, 9.17) is 0 Å². The van der Waals surface area contributed by atoms with Crippen LogP contribution in [0.5, 0.6) is 0 Å². The normalized spacial score (nSPS) is 15.2. The van der Waals surface area contributed by atoms with Crippen molar-refractivity contribution in [2.45, 2.75) is 45.2 Å². The van der Waals surface area contributed by atoms with Gasteiger partial charge in [-0.2, -0.15) is 0 Å². The maximum Gasteiger partial charge on any atom is 0.292 e.